The third-order valence-electron chi connectivity index (χ3n) is 4.15. The number of benzene rings is 1. The van der Waals surface area contributed by atoms with E-state index in [9.17, 15) is 9.18 Å². The van der Waals surface area contributed by atoms with E-state index in [-0.39, 0.29) is 17.3 Å². The van der Waals surface area contributed by atoms with Gasteiger partial charge in [0.1, 0.15) is 11.6 Å². The summed E-state index contributed by atoms with van der Waals surface area (Å²) in [7, 11) is 0. The van der Waals surface area contributed by atoms with Crippen LogP contribution in [0.25, 0.3) is 0 Å². The van der Waals surface area contributed by atoms with Crippen molar-refractivity contribution in [3.05, 3.63) is 47.9 Å². The number of aromatic nitrogens is 2. The van der Waals surface area contributed by atoms with Crippen molar-refractivity contribution in [1.82, 2.24) is 15.1 Å². The van der Waals surface area contributed by atoms with E-state index in [1.54, 1.807) is 29.2 Å². The number of rotatable bonds is 3. The fourth-order valence-electron chi connectivity index (χ4n) is 2.92. The van der Waals surface area contributed by atoms with E-state index in [0.29, 0.717) is 43.4 Å². The fraction of sp³-hybridized carbons (Fsp3) is 0.421. The molecule has 7 heteroatoms. The van der Waals surface area contributed by atoms with Crippen LogP contribution in [-0.2, 0) is 0 Å². The molecule has 1 aromatic heterocycles. The average molecular weight is 357 g/mol. The normalized spacial score (nSPS) is 15.1. The summed E-state index contributed by atoms with van der Waals surface area (Å²) in [6, 6.07) is 10.2. The van der Waals surface area contributed by atoms with Crippen LogP contribution >= 0.6 is 0 Å². The third kappa shape index (κ3) is 4.28. The van der Waals surface area contributed by atoms with Gasteiger partial charge in [-0.1, -0.05) is 12.1 Å². The topological polar surface area (TPSA) is 61.4 Å². The Bertz CT molecular complexity index is 764. The van der Waals surface area contributed by atoms with Gasteiger partial charge in [0, 0.05) is 31.7 Å². The van der Waals surface area contributed by atoms with Gasteiger partial charge >= 0.3 is 0 Å². The van der Waals surface area contributed by atoms with E-state index in [2.05, 4.69) is 15.5 Å². The Morgan fingerprint density at radius 1 is 1.04 bits per heavy atom. The molecule has 1 amide bonds. The molecule has 0 aliphatic carbocycles. The van der Waals surface area contributed by atoms with Crippen LogP contribution < -0.4 is 10.2 Å². The number of halogens is 1. The number of hydrogen-bond acceptors (Lipinski definition) is 5. The van der Waals surface area contributed by atoms with Gasteiger partial charge in [-0.2, -0.15) is 0 Å². The molecule has 1 N–H and O–H groups in total. The predicted octanol–water partition coefficient (Wildman–Crippen LogP) is 2.79. The first-order valence-corrected chi connectivity index (χ1v) is 8.74. The third-order valence-corrected chi connectivity index (χ3v) is 4.15. The smallest absolute Gasteiger partial charge is 0.274 e. The van der Waals surface area contributed by atoms with Crippen LogP contribution in [0.2, 0.25) is 0 Å². The molecule has 0 saturated carbocycles. The van der Waals surface area contributed by atoms with Gasteiger partial charge < -0.3 is 15.1 Å². The second kappa shape index (κ2) is 7.27. The molecule has 3 rings (SSSR count). The minimum atomic E-state index is -0.236. The molecule has 0 bridgehead atoms. The summed E-state index contributed by atoms with van der Waals surface area (Å²) in [5, 5.41) is 11.4. The Kier molecular flexibility index (Phi) is 5.06. The quantitative estimate of drug-likeness (QED) is 0.915. The van der Waals surface area contributed by atoms with Crippen molar-refractivity contribution in [2.45, 2.75) is 26.3 Å². The average Bonchev–Trinajstić information content (AvgIpc) is 2.61. The maximum absolute atomic E-state index is 13.9. The van der Waals surface area contributed by atoms with Crippen LogP contribution in [0.5, 0.6) is 0 Å². The highest BCUT2D eigenvalue weighted by Gasteiger charge is 2.24. The van der Waals surface area contributed by atoms with Gasteiger partial charge in [0.05, 0.1) is 5.69 Å². The number of anilines is 2. The van der Waals surface area contributed by atoms with E-state index in [0.717, 1.165) is 0 Å². The number of carbonyl (C=O) groups excluding carboxylic acids is 1. The second-order valence-corrected chi connectivity index (χ2v) is 7.41. The van der Waals surface area contributed by atoms with Crippen LogP contribution in [0, 0.1) is 5.82 Å². The molecule has 2 aromatic rings. The first kappa shape index (κ1) is 18.1. The van der Waals surface area contributed by atoms with Crippen LogP contribution in [-0.4, -0.2) is 52.7 Å². The summed E-state index contributed by atoms with van der Waals surface area (Å²) in [6.07, 6.45) is 0. The monoisotopic (exact) mass is 357 g/mol. The minimum absolute atomic E-state index is 0.122. The summed E-state index contributed by atoms with van der Waals surface area (Å²) >= 11 is 0. The lowest BCUT2D eigenvalue weighted by molar-refractivity contribution is 0.0739. The minimum Gasteiger partial charge on any atom is -0.366 e. The first-order chi connectivity index (χ1) is 12.3. The van der Waals surface area contributed by atoms with Gasteiger partial charge in [-0.15, -0.1) is 10.2 Å². The van der Waals surface area contributed by atoms with Crippen molar-refractivity contribution in [3.8, 4) is 0 Å². The van der Waals surface area contributed by atoms with E-state index < -0.39 is 0 Å². The van der Waals surface area contributed by atoms with Crippen molar-refractivity contribution in [1.29, 1.82) is 0 Å². The SMILES string of the molecule is CC(C)(C)Nc1ccc(C(=O)N2CCN(c3ccccc3F)CC2)nn1. The molecule has 2 heterocycles. The number of para-hydroxylation sites is 1. The first-order valence-electron chi connectivity index (χ1n) is 8.74. The zero-order valence-electron chi connectivity index (χ0n) is 15.4. The molecule has 1 aromatic carbocycles. The van der Waals surface area contributed by atoms with Gasteiger partial charge in [0.2, 0.25) is 0 Å². The fourth-order valence-corrected chi connectivity index (χ4v) is 2.92. The van der Waals surface area contributed by atoms with Crippen LogP contribution in [0.4, 0.5) is 15.9 Å². The van der Waals surface area contributed by atoms with Gasteiger partial charge in [0.15, 0.2) is 5.69 Å². The zero-order chi connectivity index (χ0) is 18.7. The molecular weight excluding hydrogens is 333 g/mol. The Morgan fingerprint density at radius 2 is 1.73 bits per heavy atom. The van der Waals surface area contributed by atoms with Crippen LogP contribution in [0.1, 0.15) is 31.3 Å². The molecule has 26 heavy (non-hydrogen) atoms. The predicted molar refractivity (Wildman–Crippen MR) is 99.9 cm³/mol. The molecule has 138 valence electrons. The maximum Gasteiger partial charge on any atom is 0.274 e. The molecular formula is C19H24FN5O. The Hall–Kier alpha value is -2.70. The lowest BCUT2D eigenvalue weighted by atomic mass is 10.1. The van der Waals surface area contributed by atoms with Gasteiger partial charge in [-0.3, -0.25) is 4.79 Å². The molecule has 0 atom stereocenters. The van der Waals surface area contributed by atoms with Crippen molar-refractivity contribution in [2.24, 2.45) is 0 Å². The zero-order valence-corrected chi connectivity index (χ0v) is 15.4. The summed E-state index contributed by atoms with van der Waals surface area (Å²) in [6.45, 7) is 8.32. The standard InChI is InChI=1S/C19H24FN5O/c1-19(2,3)21-17-9-8-15(22-23-17)18(26)25-12-10-24(11-13-25)16-7-5-4-6-14(16)20/h4-9H,10-13H2,1-3H3,(H,21,23). The molecule has 6 nitrogen and oxygen atoms in total. The second-order valence-electron chi connectivity index (χ2n) is 7.41. The number of nitrogens with zero attached hydrogens (tertiary/aromatic N) is 4. The highest BCUT2D eigenvalue weighted by Crippen LogP contribution is 2.20. The van der Waals surface area contributed by atoms with E-state index in [1.807, 2.05) is 31.7 Å². The lowest BCUT2D eigenvalue weighted by Crippen LogP contribution is -2.49. The summed E-state index contributed by atoms with van der Waals surface area (Å²) in [5.74, 6) is 0.256. The molecule has 0 spiro atoms. The number of nitrogens with one attached hydrogen (secondary N) is 1. The van der Waals surface area contributed by atoms with Crippen molar-refractivity contribution in [3.63, 3.8) is 0 Å². The largest absolute Gasteiger partial charge is 0.366 e. The van der Waals surface area contributed by atoms with Crippen molar-refractivity contribution < 1.29 is 9.18 Å². The van der Waals surface area contributed by atoms with Crippen molar-refractivity contribution >= 4 is 17.4 Å². The number of amides is 1. The summed E-state index contributed by atoms with van der Waals surface area (Å²) in [4.78, 5) is 16.3. The molecule has 0 unspecified atom stereocenters. The summed E-state index contributed by atoms with van der Waals surface area (Å²) in [5.41, 5.74) is 0.782. The van der Waals surface area contributed by atoms with E-state index in [4.69, 9.17) is 0 Å². The highest BCUT2D eigenvalue weighted by atomic mass is 19.1. The molecule has 1 aliphatic heterocycles. The van der Waals surface area contributed by atoms with Crippen LogP contribution in [0.3, 0.4) is 0 Å². The number of hydrogen-bond donors (Lipinski definition) is 1. The Morgan fingerprint density at radius 3 is 2.31 bits per heavy atom. The lowest BCUT2D eigenvalue weighted by Gasteiger charge is -2.36. The maximum atomic E-state index is 13.9. The van der Waals surface area contributed by atoms with Gasteiger partial charge in [-0.25, -0.2) is 4.39 Å². The molecule has 1 fully saturated rings. The van der Waals surface area contributed by atoms with E-state index in [1.165, 1.54) is 6.07 Å². The highest BCUT2D eigenvalue weighted by molar-refractivity contribution is 5.92. The molecule has 0 radical (unpaired) electrons. The van der Waals surface area contributed by atoms with Crippen molar-refractivity contribution in [2.75, 3.05) is 36.4 Å². The van der Waals surface area contributed by atoms with Gasteiger partial charge in [0.25, 0.3) is 5.91 Å². The summed E-state index contributed by atoms with van der Waals surface area (Å²) < 4.78 is 13.9. The Balaban J connectivity index is 1.61. The molecule has 1 saturated heterocycles. The van der Waals surface area contributed by atoms with Crippen LogP contribution in [0.15, 0.2) is 36.4 Å². The molecule has 1 aliphatic rings. The van der Waals surface area contributed by atoms with E-state index >= 15 is 0 Å². The number of piperazine rings is 1. The number of carbonyl (C=O) groups is 1. The van der Waals surface area contributed by atoms with Gasteiger partial charge in [-0.05, 0) is 45.0 Å². The Labute approximate surface area is 153 Å².